The Bertz CT molecular complexity index is 192. The van der Waals surface area contributed by atoms with E-state index >= 15 is 0 Å². The van der Waals surface area contributed by atoms with Gasteiger partial charge in [0.1, 0.15) is 0 Å². The highest BCUT2D eigenvalue weighted by atomic mass is 16.2. The van der Waals surface area contributed by atoms with Crippen LogP contribution in [-0.2, 0) is 4.79 Å². The van der Waals surface area contributed by atoms with Gasteiger partial charge in [-0.2, -0.15) is 0 Å². The maximum atomic E-state index is 11.9. The van der Waals surface area contributed by atoms with E-state index in [0.29, 0.717) is 0 Å². The first-order valence-electron chi connectivity index (χ1n) is 5.39. The van der Waals surface area contributed by atoms with Crippen molar-refractivity contribution in [1.82, 2.24) is 15.1 Å². The molecule has 1 fully saturated rings. The Balaban J connectivity index is 2.50. The lowest BCUT2D eigenvalue weighted by atomic mass is 10.2. The van der Waals surface area contributed by atoms with Gasteiger partial charge in [0.15, 0.2) is 0 Å². The fourth-order valence-corrected chi connectivity index (χ4v) is 1.82. The van der Waals surface area contributed by atoms with E-state index in [9.17, 15) is 4.79 Å². The van der Waals surface area contributed by atoms with Crippen molar-refractivity contribution in [3.63, 3.8) is 0 Å². The van der Waals surface area contributed by atoms with Gasteiger partial charge >= 0.3 is 0 Å². The first kappa shape index (κ1) is 11.5. The van der Waals surface area contributed by atoms with Gasteiger partial charge in [0, 0.05) is 32.7 Å². The zero-order valence-electron chi connectivity index (χ0n) is 9.42. The third-order valence-corrected chi connectivity index (χ3v) is 2.75. The van der Waals surface area contributed by atoms with E-state index in [0.717, 1.165) is 32.7 Å². The number of piperazine rings is 1. The van der Waals surface area contributed by atoms with Crippen molar-refractivity contribution < 1.29 is 4.79 Å². The molecule has 4 nitrogen and oxygen atoms in total. The molecule has 0 aliphatic carbocycles. The second-order valence-corrected chi connectivity index (χ2v) is 3.78. The van der Waals surface area contributed by atoms with Crippen LogP contribution in [0.5, 0.6) is 0 Å². The Morgan fingerprint density at radius 2 is 2.14 bits per heavy atom. The van der Waals surface area contributed by atoms with Crippen molar-refractivity contribution in [2.45, 2.75) is 19.9 Å². The molecule has 1 N–H and O–H groups in total. The number of nitrogens with zero attached hydrogens (tertiary/aromatic N) is 2. The van der Waals surface area contributed by atoms with Crippen molar-refractivity contribution in [2.24, 2.45) is 0 Å². The first-order chi connectivity index (χ1) is 6.69. The average Bonchev–Trinajstić information content (AvgIpc) is 2.19. The number of nitrogens with one attached hydrogen (secondary N) is 1. The Morgan fingerprint density at radius 1 is 1.50 bits per heavy atom. The molecule has 1 aliphatic rings. The Hall–Kier alpha value is -0.610. The van der Waals surface area contributed by atoms with Crippen LogP contribution >= 0.6 is 0 Å². The lowest BCUT2D eigenvalue weighted by molar-refractivity contribution is -0.134. The minimum atomic E-state index is -0.00588. The van der Waals surface area contributed by atoms with Gasteiger partial charge < -0.3 is 15.1 Å². The minimum absolute atomic E-state index is 0.00588. The molecular weight excluding hydrogens is 178 g/mol. The first-order valence-corrected chi connectivity index (χ1v) is 5.39. The summed E-state index contributed by atoms with van der Waals surface area (Å²) < 4.78 is 0. The monoisotopic (exact) mass is 199 g/mol. The van der Waals surface area contributed by atoms with Crippen LogP contribution in [0.3, 0.4) is 0 Å². The molecule has 82 valence electrons. The number of carbonyl (C=O) groups excluding carboxylic acids is 1. The number of hydrogen-bond acceptors (Lipinski definition) is 3. The largest absolute Gasteiger partial charge is 0.342 e. The van der Waals surface area contributed by atoms with Gasteiger partial charge in [0.2, 0.25) is 5.91 Å². The number of likely N-dealkylation sites (N-methyl/N-ethyl adjacent to an activating group) is 2. The summed E-state index contributed by atoms with van der Waals surface area (Å²) >= 11 is 0. The number of carbonyl (C=O) groups is 1. The number of amides is 1. The van der Waals surface area contributed by atoms with Crippen LogP contribution in [0.2, 0.25) is 0 Å². The summed E-state index contributed by atoms with van der Waals surface area (Å²) in [5.41, 5.74) is 0. The Labute approximate surface area is 86.2 Å². The summed E-state index contributed by atoms with van der Waals surface area (Å²) in [5, 5.41) is 3.27. The predicted octanol–water partition coefficient (Wildman–Crippen LogP) is -0.242. The van der Waals surface area contributed by atoms with Crippen LogP contribution in [0, 0.1) is 0 Å². The normalized spacial score (nSPS) is 23.5. The molecule has 0 radical (unpaired) electrons. The molecule has 0 spiro atoms. The summed E-state index contributed by atoms with van der Waals surface area (Å²) in [4.78, 5) is 16.0. The van der Waals surface area contributed by atoms with E-state index in [4.69, 9.17) is 0 Å². The van der Waals surface area contributed by atoms with Crippen molar-refractivity contribution in [1.29, 1.82) is 0 Å². The molecule has 1 aliphatic heterocycles. The van der Waals surface area contributed by atoms with Crippen LogP contribution in [0.4, 0.5) is 0 Å². The van der Waals surface area contributed by atoms with Crippen LogP contribution in [0.25, 0.3) is 0 Å². The molecule has 4 heteroatoms. The molecule has 0 aromatic carbocycles. The zero-order valence-corrected chi connectivity index (χ0v) is 9.42. The van der Waals surface area contributed by atoms with E-state index in [1.54, 1.807) is 0 Å². The van der Waals surface area contributed by atoms with Gasteiger partial charge in [-0.05, 0) is 20.9 Å². The van der Waals surface area contributed by atoms with Gasteiger partial charge in [-0.1, -0.05) is 0 Å². The highest BCUT2D eigenvalue weighted by Crippen LogP contribution is 2.01. The fourth-order valence-electron chi connectivity index (χ4n) is 1.82. The third-order valence-electron chi connectivity index (χ3n) is 2.75. The molecule has 1 amide bonds. The van der Waals surface area contributed by atoms with Gasteiger partial charge in [-0.15, -0.1) is 0 Å². The lowest BCUT2D eigenvalue weighted by Crippen LogP contribution is -2.56. The molecular formula is C10H21N3O. The SMILES string of the molecule is CCN(CC)C(=O)C1CN(C)CCN1. The average molecular weight is 199 g/mol. The van der Waals surface area contributed by atoms with Crippen molar-refractivity contribution >= 4 is 5.91 Å². The molecule has 1 rings (SSSR count). The molecule has 0 bridgehead atoms. The van der Waals surface area contributed by atoms with Gasteiger partial charge in [-0.3, -0.25) is 4.79 Å². The summed E-state index contributed by atoms with van der Waals surface area (Å²) in [6, 6.07) is -0.00588. The summed E-state index contributed by atoms with van der Waals surface area (Å²) in [7, 11) is 2.06. The molecule has 1 saturated heterocycles. The van der Waals surface area contributed by atoms with E-state index in [1.165, 1.54) is 0 Å². The highest BCUT2D eigenvalue weighted by Gasteiger charge is 2.25. The van der Waals surface area contributed by atoms with Crippen molar-refractivity contribution in [2.75, 3.05) is 39.8 Å². The second-order valence-electron chi connectivity index (χ2n) is 3.78. The molecule has 1 heterocycles. The van der Waals surface area contributed by atoms with Crippen LogP contribution in [0.15, 0.2) is 0 Å². The lowest BCUT2D eigenvalue weighted by Gasteiger charge is -2.33. The standard InChI is InChI=1S/C10H21N3O/c1-4-13(5-2)10(14)9-8-12(3)7-6-11-9/h9,11H,4-8H2,1-3H3. The molecule has 1 unspecified atom stereocenters. The van der Waals surface area contributed by atoms with Crippen molar-refractivity contribution in [3.8, 4) is 0 Å². The summed E-state index contributed by atoms with van der Waals surface area (Å²) in [6.45, 7) is 8.42. The predicted molar refractivity (Wildman–Crippen MR) is 57.2 cm³/mol. The van der Waals surface area contributed by atoms with E-state index in [1.807, 2.05) is 18.7 Å². The molecule has 14 heavy (non-hydrogen) atoms. The fraction of sp³-hybridized carbons (Fsp3) is 0.900. The van der Waals surface area contributed by atoms with E-state index < -0.39 is 0 Å². The maximum Gasteiger partial charge on any atom is 0.241 e. The van der Waals surface area contributed by atoms with Crippen LogP contribution < -0.4 is 5.32 Å². The van der Waals surface area contributed by atoms with E-state index in [-0.39, 0.29) is 11.9 Å². The van der Waals surface area contributed by atoms with Gasteiger partial charge in [0.05, 0.1) is 6.04 Å². The smallest absolute Gasteiger partial charge is 0.241 e. The second kappa shape index (κ2) is 5.32. The molecule has 0 aromatic heterocycles. The van der Waals surface area contributed by atoms with Crippen LogP contribution in [0.1, 0.15) is 13.8 Å². The maximum absolute atomic E-state index is 11.9. The van der Waals surface area contributed by atoms with Gasteiger partial charge in [-0.25, -0.2) is 0 Å². The molecule has 0 saturated carbocycles. The Morgan fingerprint density at radius 3 is 2.64 bits per heavy atom. The number of hydrogen-bond donors (Lipinski definition) is 1. The van der Waals surface area contributed by atoms with Gasteiger partial charge in [0.25, 0.3) is 0 Å². The minimum Gasteiger partial charge on any atom is -0.342 e. The van der Waals surface area contributed by atoms with Crippen LogP contribution in [-0.4, -0.2) is 61.5 Å². The Kier molecular flexibility index (Phi) is 4.35. The highest BCUT2D eigenvalue weighted by molar-refractivity contribution is 5.82. The summed E-state index contributed by atoms with van der Waals surface area (Å²) in [6.07, 6.45) is 0. The molecule has 1 atom stereocenters. The number of rotatable bonds is 3. The third kappa shape index (κ3) is 2.69. The molecule has 0 aromatic rings. The van der Waals surface area contributed by atoms with Crippen molar-refractivity contribution in [3.05, 3.63) is 0 Å². The summed E-state index contributed by atoms with van der Waals surface area (Å²) in [5.74, 6) is 0.238. The zero-order chi connectivity index (χ0) is 10.6. The quantitative estimate of drug-likeness (QED) is 0.681. The van der Waals surface area contributed by atoms with E-state index in [2.05, 4.69) is 17.3 Å². The topological polar surface area (TPSA) is 35.6 Å².